The van der Waals surface area contributed by atoms with Crippen LogP contribution in [0.15, 0.2) is 12.2 Å². The average Bonchev–Trinajstić information content (AvgIpc) is 2.70. The van der Waals surface area contributed by atoms with Crippen molar-refractivity contribution in [1.29, 1.82) is 0 Å². The van der Waals surface area contributed by atoms with E-state index in [1.54, 1.807) is 0 Å². The first kappa shape index (κ1) is 10.9. The Morgan fingerprint density at radius 3 is 2.50 bits per heavy atom. The fourth-order valence-electron chi connectivity index (χ4n) is 2.27. The first-order chi connectivity index (χ1) is 6.79. The second kappa shape index (κ2) is 4.95. The lowest BCUT2D eigenvalue weighted by atomic mass is 9.82. The summed E-state index contributed by atoms with van der Waals surface area (Å²) in [6.45, 7) is 2.31. The summed E-state index contributed by atoms with van der Waals surface area (Å²) >= 11 is 4.15. The number of aliphatic hydroxyl groups excluding tert-OH is 1. The molecule has 1 N–H and O–H groups in total. The second-order valence-electron chi connectivity index (χ2n) is 4.14. The average molecular weight is 230 g/mol. The fraction of sp³-hybridized carbons (Fsp3) is 0.818. The largest absolute Gasteiger partial charge is 0.392 e. The highest BCUT2D eigenvalue weighted by atomic mass is 32.2. The molecule has 14 heavy (non-hydrogen) atoms. The van der Waals surface area contributed by atoms with Crippen molar-refractivity contribution >= 4 is 23.5 Å². The lowest BCUT2D eigenvalue weighted by molar-refractivity contribution is 0.0795. The molecule has 0 amide bonds. The molecule has 3 heteroatoms. The molecule has 0 saturated carbocycles. The van der Waals surface area contributed by atoms with Crippen molar-refractivity contribution in [2.75, 3.05) is 11.5 Å². The van der Waals surface area contributed by atoms with E-state index < -0.39 is 0 Å². The highest BCUT2D eigenvalue weighted by Crippen LogP contribution is 2.42. The van der Waals surface area contributed by atoms with Crippen LogP contribution in [0.25, 0.3) is 0 Å². The van der Waals surface area contributed by atoms with E-state index in [1.807, 2.05) is 0 Å². The lowest BCUT2D eigenvalue weighted by Gasteiger charge is -2.32. The summed E-state index contributed by atoms with van der Waals surface area (Å²) in [5, 5.41) is 9.93. The van der Waals surface area contributed by atoms with Crippen molar-refractivity contribution in [1.82, 2.24) is 0 Å². The summed E-state index contributed by atoms with van der Waals surface area (Å²) in [5.74, 6) is 3.71. The molecule has 2 aliphatic rings. The summed E-state index contributed by atoms with van der Waals surface area (Å²) in [7, 11) is 0. The van der Waals surface area contributed by atoms with E-state index in [0.717, 1.165) is 17.4 Å². The molecule has 3 atom stereocenters. The SMILES string of the molecule is C[C@H](C1SCCS1)[C@@H]1CC=CC[C@@H]1O. The molecule has 0 bridgehead atoms. The van der Waals surface area contributed by atoms with E-state index in [0.29, 0.717) is 11.8 Å². The van der Waals surface area contributed by atoms with Crippen molar-refractivity contribution in [2.24, 2.45) is 11.8 Å². The van der Waals surface area contributed by atoms with Crippen LogP contribution in [0.5, 0.6) is 0 Å². The molecule has 1 fully saturated rings. The van der Waals surface area contributed by atoms with Gasteiger partial charge in [0.1, 0.15) is 0 Å². The first-order valence-electron chi connectivity index (χ1n) is 5.35. The maximum Gasteiger partial charge on any atom is 0.0609 e. The van der Waals surface area contributed by atoms with Crippen LogP contribution in [0.2, 0.25) is 0 Å². The van der Waals surface area contributed by atoms with E-state index in [4.69, 9.17) is 0 Å². The zero-order valence-electron chi connectivity index (χ0n) is 8.56. The van der Waals surface area contributed by atoms with Crippen LogP contribution >= 0.6 is 23.5 Å². The topological polar surface area (TPSA) is 20.2 Å². The Balaban J connectivity index is 1.95. The van der Waals surface area contributed by atoms with Gasteiger partial charge in [0.25, 0.3) is 0 Å². The molecular formula is C11H18OS2. The minimum Gasteiger partial charge on any atom is -0.392 e. The van der Waals surface area contributed by atoms with Crippen LogP contribution in [-0.4, -0.2) is 27.3 Å². The van der Waals surface area contributed by atoms with Gasteiger partial charge in [0, 0.05) is 11.5 Å². The first-order valence-corrected chi connectivity index (χ1v) is 7.45. The zero-order chi connectivity index (χ0) is 9.97. The summed E-state index contributed by atoms with van der Waals surface area (Å²) < 4.78 is 0.723. The highest BCUT2D eigenvalue weighted by Gasteiger charge is 2.33. The molecule has 1 heterocycles. The second-order valence-corrected chi connectivity index (χ2v) is 6.94. The maximum absolute atomic E-state index is 9.93. The predicted octanol–water partition coefficient (Wildman–Crippen LogP) is 2.76. The van der Waals surface area contributed by atoms with Gasteiger partial charge in [0.2, 0.25) is 0 Å². The van der Waals surface area contributed by atoms with Crippen molar-refractivity contribution in [3.05, 3.63) is 12.2 Å². The maximum atomic E-state index is 9.93. The lowest BCUT2D eigenvalue weighted by Crippen LogP contribution is -2.31. The Morgan fingerprint density at radius 1 is 1.21 bits per heavy atom. The number of rotatable bonds is 2. The van der Waals surface area contributed by atoms with Gasteiger partial charge in [-0.05, 0) is 24.7 Å². The molecule has 0 aromatic carbocycles. The van der Waals surface area contributed by atoms with Crippen molar-refractivity contribution < 1.29 is 5.11 Å². The summed E-state index contributed by atoms with van der Waals surface area (Å²) in [6, 6.07) is 0. The van der Waals surface area contributed by atoms with Gasteiger partial charge in [-0.25, -0.2) is 0 Å². The van der Waals surface area contributed by atoms with Crippen molar-refractivity contribution in [3.8, 4) is 0 Å². The minimum absolute atomic E-state index is 0.100. The van der Waals surface area contributed by atoms with Crippen LogP contribution in [-0.2, 0) is 0 Å². The van der Waals surface area contributed by atoms with E-state index in [9.17, 15) is 5.11 Å². The predicted molar refractivity (Wildman–Crippen MR) is 65.7 cm³/mol. The Hall–Kier alpha value is 0.400. The summed E-state index contributed by atoms with van der Waals surface area (Å²) in [4.78, 5) is 0. The van der Waals surface area contributed by atoms with Gasteiger partial charge in [-0.3, -0.25) is 0 Å². The van der Waals surface area contributed by atoms with E-state index >= 15 is 0 Å². The standard InChI is InChI=1S/C11H18OS2/c1-8(11-13-6-7-14-11)9-4-2-3-5-10(9)12/h2-3,8-12H,4-7H2,1H3/t8-,9-,10-/m0/s1. The Labute approximate surface area is 94.7 Å². The molecule has 1 aliphatic carbocycles. The van der Waals surface area contributed by atoms with Gasteiger partial charge < -0.3 is 5.11 Å². The molecule has 0 unspecified atom stereocenters. The molecule has 1 nitrogen and oxygen atoms in total. The van der Waals surface area contributed by atoms with Crippen LogP contribution in [0.3, 0.4) is 0 Å². The van der Waals surface area contributed by atoms with Crippen LogP contribution in [0, 0.1) is 11.8 Å². The highest BCUT2D eigenvalue weighted by molar-refractivity contribution is 8.20. The normalized spacial score (nSPS) is 36.1. The number of thioether (sulfide) groups is 2. The molecular weight excluding hydrogens is 212 g/mol. The summed E-state index contributed by atoms with van der Waals surface area (Å²) in [6.07, 6.45) is 6.18. The molecule has 0 aromatic rings. The molecule has 1 saturated heterocycles. The van der Waals surface area contributed by atoms with Crippen molar-refractivity contribution in [2.45, 2.75) is 30.5 Å². The molecule has 0 spiro atoms. The van der Waals surface area contributed by atoms with Gasteiger partial charge >= 0.3 is 0 Å². The van der Waals surface area contributed by atoms with E-state index in [1.165, 1.54) is 11.5 Å². The molecule has 1 aliphatic heterocycles. The zero-order valence-corrected chi connectivity index (χ0v) is 10.2. The number of allylic oxidation sites excluding steroid dienone is 1. The third kappa shape index (κ3) is 2.31. The monoisotopic (exact) mass is 230 g/mol. The third-order valence-electron chi connectivity index (χ3n) is 3.20. The van der Waals surface area contributed by atoms with Crippen LogP contribution in [0.4, 0.5) is 0 Å². The Morgan fingerprint density at radius 2 is 1.86 bits per heavy atom. The van der Waals surface area contributed by atoms with Crippen LogP contribution < -0.4 is 0 Å². The van der Waals surface area contributed by atoms with Gasteiger partial charge in [0.15, 0.2) is 0 Å². The van der Waals surface area contributed by atoms with Gasteiger partial charge in [-0.2, -0.15) is 0 Å². The quantitative estimate of drug-likeness (QED) is 0.737. The van der Waals surface area contributed by atoms with Crippen LogP contribution in [0.1, 0.15) is 19.8 Å². The summed E-state index contributed by atoms with van der Waals surface area (Å²) in [5.41, 5.74) is 0. The molecule has 0 radical (unpaired) electrons. The molecule has 0 aromatic heterocycles. The smallest absolute Gasteiger partial charge is 0.0609 e. The Bertz CT molecular complexity index is 211. The van der Waals surface area contributed by atoms with E-state index in [-0.39, 0.29) is 6.10 Å². The van der Waals surface area contributed by atoms with Crippen molar-refractivity contribution in [3.63, 3.8) is 0 Å². The number of aliphatic hydroxyl groups is 1. The van der Waals surface area contributed by atoms with E-state index in [2.05, 4.69) is 42.6 Å². The molecule has 80 valence electrons. The number of hydrogen-bond acceptors (Lipinski definition) is 3. The fourth-order valence-corrected chi connectivity index (χ4v) is 5.48. The number of hydrogen-bond donors (Lipinski definition) is 1. The van der Waals surface area contributed by atoms with Gasteiger partial charge in [-0.1, -0.05) is 19.1 Å². The molecule has 2 rings (SSSR count). The minimum atomic E-state index is -0.100. The Kier molecular flexibility index (Phi) is 3.86. The van der Waals surface area contributed by atoms with Gasteiger partial charge in [-0.15, -0.1) is 23.5 Å². The third-order valence-corrected chi connectivity index (χ3v) is 6.67. The van der Waals surface area contributed by atoms with Gasteiger partial charge in [0.05, 0.1) is 10.7 Å².